The molecule has 0 aliphatic rings. The van der Waals surface area contributed by atoms with E-state index < -0.39 is 0 Å². The summed E-state index contributed by atoms with van der Waals surface area (Å²) in [5.41, 5.74) is 6.70. The number of nitrogens with zero attached hydrogens (tertiary/aromatic N) is 1. The van der Waals surface area contributed by atoms with Gasteiger partial charge in [0.1, 0.15) is 6.61 Å². The molecule has 0 aromatic heterocycles. The van der Waals surface area contributed by atoms with Crippen LogP contribution in [0, 0.1) is 13.8 Å². The number of carbonyl (C=O) groups is 1. The van der Waals surface area contributed by atoms with E-state index in [1.807, 2.05) is 12.1 Å². The minimum Gasteiger partial charge on any atom is -0.461 e. The Labute approximate surface area is 154 Å². The molecule has 0 amide bonds. The van der Waals surface area contributed by atoms with E-state index in [1.165, 1.54) is 18.1 Å². The van der Waals surface area contributed by atoms with Crippen molar-refractivity contribution in [3.8, 4) is 0 Å². The average Bonchev–Trinajstić information content (AvgIpc) is 2.64. The molecular weight excluding hydrogens is 322 g/mol. The van der Waals surface area contributed by atoms with Gasteiger partial charge in [0.25, 0.3) is 0 Å². The molecule has 0 saturated heterocycles. The molecule has 3 heteroatoms. The molecule has 3 aromatic rings. The molecule has 0 atom stereocenters. The summed E-state index contributed by atoms with van der Waals surface area (Å²) in [6, 6.07) is 25.1. The Morgan fingerprint density at radius 2 is 1.12 bits per heavy atom. The van der Waals surface area contributed by atoms with Crippen LogP contribution in [0.15, 0.2) is 72.8 Å². The first-order valence-corrected chi connectivity index (χ1v) is 8.69. The average molecular weight is 345 g/mol. The third kappa shape index (κ3) is 4.31. The highest BCUT2D eigenvalue weighted by atomic mass is 16.5. The Hall–Kier alpha value is -3.07. The van der Waals surface area contributed by atoms with Gasteiger partial charge in [-0.1, -0.05) is 47.5 Å². The molecule has 3 aromatic carbocycles. The molecule has 0 saturated carbocycles. The summed E-state index contributed by atoms with van der Waals surface area (Å²) in [7, 11) is 0. The molecule has 0 spiro atoms. The Morgan fingerprint density at radius 3 is 1.50 bits per heavy atom. The number of hydrogen-bond acceptors (Lipinski definition) is 3. The van der Waals surface area contributed by atoms with Crippen LogP contribution in [0.2, 0.25) is 0 Å². The van der Waals surface area contributed by atoms with Crippen LogP contribution >= 0.6 is 0 Å². The topological polar surface area (TPSA) is 29.5 Å². The number of rotatable bonds is 5. The lowest BCUT2D eigenvalue weighted by molar-refractivity contribution is -0.142. The van der Waals surface area contributed by atoms with Crippen LogP contribution in [0.25, 0.3) is 0 Å². The van der Waals surface area contributed by atoms with Crippen LogP contribution in [-0.4, -0.2) is 5.97 Å². The zero-order valence-electron chi connectivity index (χ0n) is 15.4. The van der Waals surface area contributed by atoms with Crippen LogP contribution < -0.4 is 4.90 Å². The highest BCUT2D eigenvalue weighted by Gasteiger charge is 2.12. The molecule has 0 aliphatic heterocycles. The van der Waals surface area contributed by atoms with Gasteiger partial charge in [0.15, 0.2) is 0 Å². The largest absolute Gasteiger partial charge is 0.461 e. The van der Waals surface area contributed by atoms with Gasteiger partial charge in [-0.3, -0.25) is 4.79 Å². The van der Waals surface area contributed by atoms with Crippen molar-refractivity contribution in [3.05, 3.63) is 89.5 Å². The van der Waals surface area contributed by atoms with E-state index in [0.717, 1.165) is 22.6 Å². The summed E-state index contributed by atoms with van der Waals surface area (Å²) in [5, 5.41) is 0. The second-order valence-electron chi connectivity index (χ2n) is 6.45. The standard InChI is InChI=1S/C23H23NO2/c1-17-4-10-21(11-5-17)24(22-12-6-18(2)7-13-22)23-14-8-20(9-15-23)16-26-19(3)25/h4-15H,16H2,1-3H3. The van der Waals surface area contributed by atoms with E-state index in [1.54, 1.807) is 0 Å². The second-order valence-corrected chi connectivity index (χ2v) is 6.45. The Balaban J connectivity index is 1.96. The van der Waals surface area contributed by atoms with Gasteiger partial charge in [-0.25, -0.2) is 0 Å². The molecule has 0 aliphatic carbocycles. The molecular formula is C23H23NO2. The number of ether oxygens (including phenoxy) is 1. The van der Waals surface area contributed by atoms with E-state index in [-0.39, 0.29) is 5.97 Å². The molecule has 0 radical (unpaired) electrons. The molecule has 0 heterocycles. The first-order chi connectivity index (χ1) is 12.5. The fraction of sp³-hybridized carbons (Fsp3) is 0.174. The molecule has 132 valence electrons. The Morgan fingerprint density at radius 1 is 0.731 bits per heavy atom. The lowest BCUT2D eigenvalue weighted by Gasteiger charge is -2.26. The maximum atomic E-state index is 11.0. The molecule has 0 fully saturated rings. The van der Waals surface area contributed by atoms with Crippen molar-refractivity contribution in [2.75, 3.05) is 4.90 Å². The van der Waals surface area contributed by atoms with Crippen molar-refractivity contribution in [3.63, 3.8) is 0 Å². The highest BCUT2D eigenvalue weighted by molar-refractivity contribution is 5.76. The molecule has 26 heavy (non-hydrogen) atoms. The first kappa shape index (κ1) is 17.7. The predicted molar refractivity (Wildman–Crippen MR) is 106 cm³/mol. The van der Waals surface area contributed by atoms with Crippen LogP contribution in [-0.2, 0) is 16.1 Å². The van der Waals surface area contributed by atoms with E-state index in [4.69, 9.17) is 4.74 Å². The number of hydrogen-bond donors (Lipinski definition) is 0. The van der Waals surface area contributed by atoms with Crippen molar-refractivity contribution in [1.29, 1.82) is 0 Å². The monoisotopic (exact) mass is 345 g/mol. The normalized spacial score (nSPS) is 10.4. The van der Waals surface area contributed by atoms with Crippen molar-refractivity contribution in [2.45, 2.75) is 27.4 Å². The first-order valence-electron chi connectivity index (χ1n) is 8.69. The molecule has 3 nitrogen and oxygen atoms in total. The van der Waals surface area contributed by atoms with Gasteiger partial charge in [0.05, 0.1) is 0 Å². The minimum absolute atomic E-state index is 0.269. The van der Waals surface area contributed by atoms with E-state index in [2.05, 4.69) is 79.4 Å². The SMILES string of the molecule is CC(=O)OCc1ccc(N(c2ccc(C)cc2)c2ccc(C)cc2)cc1. The van der Waals surface area contributed by atoms with Crippen molar-refractivity contribution in [2.24, 2.45) is 0 Å². The van der Waals surface area contributed by atoms with Gasteiger partial charge >= 0.3 is 5.97 Å². The predicted octanol–water partition coefficient (Wildman–Crippen LogP) is 5.84. The van der Waals surface area contributed by atoms with Gasteiger partial charge < -0.3 is 9.64 Å². The van der Waals surface area contributed by atoms with Crippen molar-refractivity contribution in [1.82, 2.24) is 0 Å². The quantitative estimate of drug-likeness (QED) is 0.544. The maximum absolute atomic E-state index is 11.0. The highest BCUT2D eigenvalue weighted by Crippen LogP contribution is 2.34. The Kier molecular flexibility index (Phi) is 5.37. The maximum Gasteiger partial charge on any atom is 0.302 e. The smallest absolute Gasteiger partial charge is 0.302 e. The van der Waals surface area contributed by atoms with Gasteiger partial charge in [-0.2, -0.15) is 0 Å². The number of esters is 1. The number of benzene rings is 3. The fourth-order valence-corrected chi connectivity index (χ4v) is 2.76. The van der Waals surface area contributed by atoms with Crippen LogP contribution in [0.4, 0.5) is 17.1 Å². The summed E-state index contributed by atoms with van der Waals surface area (Å²) in [4.78, 5) is 13.2. The number of anilines is 3. The van der Waals surface area contributed by atoms with Crippen molar-refractivity contribution < 1.29 is 9.53 Å². The zero-order valence-corrected chi connectivity index (χ0v) is 15.4. The summed E-state index contributed by atoms with van der Waals surface area (Å²) >= 11 is 0. The minimum atomic E-state index is -0.269. The lowest BCUT2D eigenvalue weighted by atomic mass is 10.1. The zero-order chi connectivity index (χ0) is 18.5. The van der Waals surface area contributed by atoms with Gasteiger partial charge in [-0.05, 0) is 55.8 Å². The number of carbonyl (C=O) groups excluding carboxylic acids is 1. The van der Waals surface area contributed by atoms with Crippen molar-refractivity contribution >= 4 is 23.0 Å². The summed E-state index contributed by atoms with van der Waals surface area (Å²) in [5.74, 6) is -0.269. The van der Waals surface area contributed by atoms with E-state index >= 15 is 0 Å². The molecule has 0 bridgehead atoms. The lowest BCUT2D eigenvalue weighted by Crippen LogP contribution is -2.10. The van der Waals surface area contributed by atoms with Gasteiger partial charge in [-0.15, -0.1) is 0 Å². The summed E-state index contributed by atoms with van der Waals surface area (Å²) < 4.78 is 5.07. The van der Waals surface area contributed by atoms with Gasteiger partial charge in [0, 0.05) is 24.0 Å². The van der Waals surface area contributed by atoms with Crippen LogP contribution in [0.5, 0.6) is 0 Å². The second kappa shape index (κ2) is 7.87. The fourth-order valence-electron chi connectivity index (χ4n) is 2.76. The Bertz CT molecular complexity index is 820. The summed E-state index contributed by atoms with van der Waals surface area (Å²) in [6.45, 7) is 5.89. The van der Waals surface area contributed by atoms with Crippen LogP contribution in [0.1, 0.15) is 23.6 Å². The molecule has 3 rings (SSSR count). The van der Waals surface area contributed by atoms with E-state index in [0.29, 0.717) is 6.61 Å². The third-order valence-corrected chi connectivity index (χ3v) is 4.22. The molecule has 0 unspecified atom stereocenters. The van der Waals surface area contributed by atoms with Crippen LogP contribution in [0.3, 0.4) is 0 Å². The van der Waals surface area contributed by atoms with E-state index in [9.17, 15) is 4.79 Å². The summed E-state index contributed by atoms with van der Waals surface area (Å²) in [6.07, 6.45) is 0. The molecule has 0 N–H and O–H groups in total. The third-order valence-electron chi connectivity index (χ3n) is 4.22. The van der Waals surface area contributed by atoms with Gasteiger partial charge in [0.2, 0.25) is 0 Å². The number of aryl methyl sites for hydroxylation is 2.